The van der Waals surface area contributed by atoms with Gasteiger partial charge in [0.25, 0.3) is 0 Å². The Balaban J connectivity index is 4.03. The maximum atomic E-state index is 11.5. The van der Waals surface area contributed by atoms with E-state index in [2.05, 4.69) is 18.6 Å². The van der Waals surface area contributed by atoms with Crippen LogP contribution in [0.3, 0.4) is 0 Å². The average molecular weight is 270 g/mol. The first-order valence-electron chi connectivity index (χ1n) is 6.08. The molecule has 16 heavy (non-hydrogen) atoms. The van der Waals surface area contributed by atoms with Crippen LogP contribution in [0, 0.1) is 5.92 Å². The predicted octanol–water partition coefficient (Wildman–Crippen LogP) is 2.75. The number of rotatable bonds is 9. The van der Waals surface area contributed by atoms with Gasteiger partial charge in [0.05, 0.1) is 5.75 Å². The highest BCUT2D eigenvalue weighted by atomic mass is 35.5. The van der Waals surface area contributed by atoms with Gasteiger partial charge in [0.1, 0.15) is 0 Å². The van der Waals surface area contributed by atoms with Crippen LogP contribution in [0.15, 0.2) is 0 Å². The van der Waals surface area contributed by atoms with Crippen molar-refractivity contribution in [2.75, 3.05) is 12.3 Å². The molecule has 0 spiro atoms. The molecule has 0 fully saturated rings. The van der Waals surface area contributed by atoms with Crippen LogP contribution in [0.5, 0.6) is 0 Å². The number of sulfonamides is 1. The van der Waals surface area contributed by atoms with Crippen molar-refractivity contribution in [3.63, 3.8) is 0 Å². The second-order valence-electron chi connectivity index (χ2n) is 4.11. The molecule has 98 valence electrons. The molecule has 0 saturated heterocycles. The van der Waals surface area contributed by atoms with Gasteiger partial charge >= 0.3 is 0 Å². The van der Waals surface area contributed by atoms with Gasteiger partial charge in [-0.15, -0.1) is 11.6 Å². The van der Waals surface area contributed by atoms with Crippen LogP contribution in [0.1, 0.15) is 46.5 Å². The monoisotopic (exact) mass is 269 g/mol. The Morgan fingerprint density at radius 1 is 1.19 bits per heavy atom. The molecule has 0 aromatic heterocycles. The molecule has 0 aromatic rings. The number of alkyl halides is 1. The van der Waals surface area contributed by atoms with Gasteiger partial charge in [0.15, 0.2) is 0 Å². The minimum absolute atomic E-state index is 0.105. The van der Waals surface area contributed by atoms with E-state index in [1.807, 2.05) is 6.92 Å². The van der Waals surface area contributed by atoms with E-state index in [9.17, 15) is 8.42 Å². The van der Waals surface area contributed by atoms with Gasteiger partial charge in [-0.05, 0) is 12.3 Å². The van der Waals surface area contributed by atoms with Crippen LogP contribution in [0.2, 0.25) is 0 Å². The number of halogens is 1. The fourth-order valence-corrected chi connectivity index (χ4v) is 3.35. The summed E-state index contributed by atoms with van der Waals surface area (Å²) in [5.41, 5.74) is 0. The van der Waals surface area contributed by atoms with E-state index in [1.165, 1.54) is 0 Å². The summed E-state index contributed by atoms with van der Waals surface area (Å²) in [4.78, 5) is 0. The van der Waals surface area contributed by atoms with Crippen molar-refractivity contribution in [1.82, 2.24) is 4.72 Å². The Hall–Kier alpha value is 0.200. The molecule has 3 nitrogen and oxygen atoms in total. The fourth-order valence-electron chi connectivity index (χ4n) is 1.58. The van der Waals surface area contributed by atoms with E-state index in [0.29, 0.717) is 18.9 Å². The zero-order valence-electron chi connectivity index (χ0n) is 10.5. The highest BCUT2D eigenvalue weighted by Gasteiger charge is 2.18. The molecule has 1 unspecified atom stereocenters. The van der Waals surface area contributed by atoms with Gasteiger partial charge in [-0.25, -0.2) is 13.1 Å². The highest BCUT2D eigenvalue weighted by molar-refractivity contribution is 7.89. The van der Waals surface area contributed by atoms with Crippen molar-refractivity contribution in [2.45, 2.75) is 51.8 Å². The Labute approximate surface area is 105 Å². The lowest BCUT2D eigenvalue weighted by Crippen LogP contribution is -2.34. The van der Waals surface area contributed by atoms with E-state index >= 15 is 0 Å². The number of hydrogen-bond acceptors (Lipinski definition) is 2. The van der Waals surface area contributed by atoms with Gasteiger partial charge in [0.2, 0.25) is 10.0 Å². The first-order valence-corrected chi connectivity index (χ1v) is 8.17. The molecule has 0 rings (SSSR count). The van der Waals surface area contributed by atoms with E-state index in [0.717, 1.165) is 19.3 Å². The summed E-state index contributed by atoms with van der Waals surface area (Å²) in [5, 5.41) is -0.105. The molecule has 0 saturated carbocycles. The van der Waals surface area contributed by atoms with E-state index in [4.69, 9.17) is 11.6 Å². The van der Waals surface area contributed by atoms with Crippen molar-refractivity contribution < 1.29 is 8.42 Å². The van der Waals surface area contributed by atoms with Gasteiger partial charge in [-0.1, -0.05) is 40.0 Å². The molecule has 1 atom stereocenters. The van der Waals surface area contributed by atoms with Crippen molar-refractivity contribution >= 4 is 21.6 Å². The normalized spacial score (nSPS) is 14.3. The molecule has 0 aromatic carbocycles. The standard InChI is InChI=1S/C11H24ClNO2S/c1-4-7-8-16(14,15)13-9-11(12)10(5-2)6-3/h10-11,13H,4-9H2,1-3H3. The van der Waals surface area contributed by atoms with Crippen LogP contribution >= 0.6 is 11.6 Å². The van der Waals surface area contributed by atoms with Crippen molar-refractivity contribution in [2.24, 2.45) is 5.92 Å². The zero-order chi connectivity index (χ0) is 12.6. The predicted molar refractivity (Wildman–Crippen MR) is 70.4 cm³/mol. The van der Waals surface area contributed by atoms with Crippen LogP contribution in [-0.2, 0) is 10.0 Å². The summed E-state index contributed by atoms with van der Waals surface area (Å²) in [7, 11) is -3.12. The van der Waals surface area contributed by atoms with Gasteiger partial charge in [-0.3, -0.25) is 0 Å². The van der Waals surface area contributed by atoms with Crippen LogP contribution in [-0.4, -0.2) is 26.1 Å². The van der Waals surface area contributed by atoms with Crippen LogP contribution in [0.4, 0.5) is 0 Å². The smallest absolute Gasteiger partial charge is 0.211 e. The molecule has 0 aliphatic rings. The first-order chi connectivity index (χ1) is 7.46. The number of hydrogen-bond donors (Lipinski definition) is 1. The summed E-state index contributed by atoms with van der Waals surface area (Å²) in [6.07, 6.45) is 3.56. The van der Waals surface area contributed by atoms with Crippen molar-refractivity contribution in [1.29, 1.82) is 0 Å². The molecule has 0 amide bonds. The summed E-state index contributed by atoms with van der Waals surface area (Å²) < 4.78 is 25.6. The molecule has 1 N–H and O–H groups in total. The minimum Gasteiger partial charge on any atom is -0.214 e. The lowest BCUT2D eigenvalue weighted by atomic mass is 9.99. The molecule has 5 heteroatoms. The Bertz CT molecular complexity index is 263. The van der Waals surface area contributed by atoms with Crippen LogP contribution in [0.25, 0.3) is 0 Å². The largest absolute Gasteiger partial charge is 0.214 e. The third-order valence-electron chi connectivity index (χ3n) is 2.83. The molecule has 0 bridgehead atoms. The summed E-state index contributed by atoms with van der Waals surface area (Å²) in [5.74, 6) is 0.589. The molecule has 0 aliphatic carbocycles. The summed E-state index contributed by atoms with van der Waals surface area (Å²) in [6.45, 7) is 6.48. The summed E-state index contributed by atoms with van der Waals surface area (Å²) >= 11 is 6.16. The van der Waals surface area contributed by atoms with Crippen LogP contribution < -0.4 is 4.72 Å². The van der Waals surface area contributed by atoms with E-state index in [-0.39, 0.29) is 11.1 Å². The van der Waals surface area contributed by atoms with Gasteiger partial charge in [-0.2, -0.15) is 0 Å². The zero-order valence-corrected chi connectivity index (χ0v) is 12.1. The van der Waals surface area contributed by atoms with Gasteiger partial charge in [0, 0.05) is 11.9 Å². The van der Waals surface area contributed by atoms with Gasteiger partial charge < -0.3 is 0 Å². The molecule has 0 radical (unpaired) electrons. The second-order valence-corrected chi connectivity index (χ2v) is 6.60. The molecule has 0 aliphatic heterocycles. The van der Waals surface area contributed by atoms with Crippen molar-refractivity contribution in [3.8, 4) is 0 Å². The fraction of sp³-hybridized carbons (Fsp3) is 1.00. The Kier molecular flexibility index (Phi) is 8.42. The maximum Gasteiger partial charge on any atom is 0.211 e. The average Bonchev–Trinajstić information content (AvgIpc) is 2.25. The maximum absolute atomic E-state index is 11.5. The summed E-state index contributed by atoms with van der Waals surface area (Å²) in [6, 6.07) is 0. The highest BCUT2D eigenvalue weighted by Crippen LogP contribution is 2.17. The van der Waals surface area contributed by atoms with E-state index < -0.39 is 10.0 Å². The molecular formula is C11H24ClNO2S. The number of nitrogens with one attached hydrogen (secondary N) is 1. The Morgan fingerprint density at radius 3 is 2.19 bits per heavy atom. The number of unbranched alkanes of at least 4 members (excludes halogenated alkanes) is 1. The molecule has 0 heterocycles. The van der Waals surface area contributed by atoms with Crippen molar-refractivity contribution in [3.05, 3.63) is 0 Å². The lowest BCUT2D eigenvalue weighted by Gasteiger charge is -2.19. The SMILES string of the molecule is CCCCS(=O)(=O)NCC(Cl)C(CC)CC. The minimum atomic E-state index is -3.12. The second kappa shape index (κ2) is 8.31. The third kappa shape index (κ3) is 6.71. The third-order valence-corrected chi connectivity index (χ3v) is 4.77. The quantitative estimate of drug-likeness (QED) is 0.654. The first kappa shape index (κ1) is 16.2. The molecular weight excluding hydrogens is 246 g/mol. The van der Waals surface area contributed by atoms with E-state index in [1.54, 1.807) is 0 Å². The topological polar surface area (TPSA) is 46.2 Å². The Morgan fingerprint density at radius 2 is 1.75 bits per heavy atom. The lowest BCUT2D eigenvalue weighted by molar-refractivity contribution is 0.460.